The van der Waals surface area contributed by atoms with Gasteiger partial charge in [-0.05, 0) is 57.8 Å². The molecule has 4 amide bonds. The molecule has 25 heteroatoms. The fourth-order valence-electron chi connectivity index (χ4n) is 4.98. The summed E-state index contributed by atoms with van der Waals surface area (Å²) in [6.45, 7) is 0.585. The third-order valence-corrected chi connectivity index (χ3v) is 15.0. The number of aliphatic carboxylic acids is 3. The molecule has 2 heterocycles. The highest BCUT2D eigenvalue weighted by atomic mass is 33.1. The lowest BCUT2D eigenvalue weighted by Crippen LogP contribution is -2.48. The number of amides is 4. The third-order valence-electron chi connectivity index (χ3n) is 8.29. The van der Waals surface area contributed by atoms with Crippen molar-refractivity contribution < 1.29 is 62.1 Å². The number of nitrogens with one attached hydrogen (secondary N) is 4. The molecule has 2 rings (SSSR count). The molecule has 11 N–H and O–H groups in total. The lowest BCUT2D eigenvalue weighted by atomic mass is 10.1. The second-order valence-corrected chi connectivity index (χ2v) is 19.7. The Morgan fingerprint density at radius 2 is 1.14 bits per heavy atom. The summed E-state index contributed by atoms with van der Waals surface area (Å²) in [7, 11) is 7.73. The summed E-state index contributed by atoms with van der Waals surface area (Å²) in [6, 6.07) is -2.80. The van der Waals surface area contributed by atoms with Gasteiger partial charge in [-0.2, -0.15) is 38.4 Å². The molecule has 0 radical (unpaired) electrons. The molecule has 6 atom stereocenters. The Kier molecular flexibility index (Phi) is 32.6. The second kappa shape index (κ2) is 33.7. The predicted octanol–water partition coefficient (Wildman–Crippen LogP) is 3.48. The van der Waals surface area contributed by atoms with Crippen LogP contribution in [0.25, 0.3) is 0 Å². The van der Waals surface area contributed by atoms with E-state index < -0.39 is 48.3 Å². The molecule has 0 saturated carbocycles. The number of hydrogen-bond acceptors (Lipinski definition) is 15. The first-order valence-electron chi connectivity index (χ1n) is 19.0. The van der Waals surface area contributed by atoms with Crippen LogP contribution in [0.2, 0.25) is 0 Å². The van der Waals surface area contributed by atoms with E-state index in [0.717, 1.165) is 38.5 Å². The smallest absolute Gasteiger partial charge is 0.481 e. The molecule has 0 spiro atoms. The van der Waals surface area contributed by atoms with Gasteiger partial charge in [-0.3, -0.25) is 28.8 Å². The molecule has 0 bridgehead atoms. The molecule has 0 aromatic heterocycles. The molecule has 0 aromatic carbocycles. The van der Waals surface area contributed by atoms with Crippen molar-refractivity contribution in [1.29, 1.82) is 0 Å². The van der Waals surface area contributed by atoms with E-state index >= 15 is 0 Å². The van der Waals surface area contributed by atoms with Crippen molar-refractivity contribution in [3.05, 3.63) is 0 Å². The maximum atomic E-state index is 12.1. The maximum absolute atomic E-state index is 12.1. The number of thiol groups is 2. The number of carbonyl (C=O) groups is 7. The third kappa shape index (κ3) is 30.7. The van der Waals surface area contributed by atoms with Crippen LogP contribution in [-0.2, 0) is 33.6 Å². The molecule has 2 fully saturated rings. The molecule has 16 nitrogen and oxygen atoms in total. The number of halogens is 3. The summed E-state index contributed by atoms with van der Waals surface area (Å²) >= 11 is 8.25. The van der Waals surface area contributed by atoms with Crippen LogP contribution in [-0.4, -0.2) is 134 Å². The number of nitrogens with two attached hydrogens (primary N) is 2. The van der Waals surface area contributed by atoms with Gasteiger partial charge in [0.1, 0.15) is 18.1 Å². The molecular formula is C34H59F3N6O10S6. The molecule has 6 unspecified atom stereocenters. The van der Waals surface area contributed by atoms with Crippen molar-refractivity contribution >= 4 is 110 Å². The SMILES string of the molecule is NC(CCCNC(=O)C(CS)NC(=O)CCCCC1CCSS1)C(=O)O.NC(CCNC(=O)C(CS)NC(=O)CCCCC1CCSS1)CC(=O)O.O=C(O)C(F)(F)F. The molecule has 0 aliphatic carbocycles. The largest absolute Gasteiger partial charge is 0.490 e. The van der Waals surface area contributed by atoms with Crippen LogP contribution in [0.3, 0.4) is 0 Å². The molecule has 0 aromatic rings. The van der Waals surface area contributed by atoms with Crippen LogP contribution >= 0.6 is 68.4 Å². The Hall–Kier alpha value is -1.90. The second-order valence-electron chi connectivity index (χ2n) is 13.4. The van der Waals surface area contributed by atoms with Crippen LogP contribution in [0, 0.1) is 0 Å². The van der Waals surface area contributed by atoms with Crippen molar-refractivity contribution in [2.24, 2.45) is 11.5 Å². The minimum atomic E-state index is -5.08. The fraction of sp³-hybridized carbons (Fsp3) is 0.794. The van der Waals surface area contributed by atoms with Gasteiger partial charge in [0.25, 0.3) is 0 Å². The van der Waals surface area contributed by atoms with Crippen molar-refractivity contribution in [2.45, 2.75) is 131 Å². The molecule has 59 heavy (non-hydrogen) atoms. The van der Waals surface area contributed by atoms with Crippen LogP contribution < -0.4 is 32.7 Å². The summed E-state index contributed by atoms with van der Waals surface area (Å²) < 4.78 is 31.7. The van der Waals surface area contributed by atoms with E-state index in [-0.39, 0.29) is 54.5 Å². The minimum Gasteiger partial charge on any atom is -0.481 e. The lowest BCUT2D eigenvalue weighted by molar-refractivity contribution is -0.192. The topological polar surface area (TPSA) is 280 Å². The highest BCUT2D eigenvalue weighted by Crippen LogP contribution is 2.40. The fourth-order valence-corrected chi connectivity index (χ4v) is 11.5. The number of carboxylic acids is 3. The first-order valence-corrected chi connectivity index (χ1v) is 25.0. The number of alkyl halides is 3. The average Bonchev–Trinajstić information content (AvgIpc) is 3.89. The van der Waals surface area contributed by atoms with E-state index in [2.05, 4.69) is 46.5 Å². The molecule has 2 saturated heterocycles. The maximum Gasteiger partial charge on any atom is 0.490 e. The quantitative estimate of drug-likeness (QED) is 0.0336. The Morgan fingerprint density at radius 1 is 0.695 bits per heavy atom. The first-order chi connectivity index (χ1) is 27.8. The zero-order valence-electron chi connectivity index (χ0n) is 32.6. The summed E-state index contributed by atoms with van der Waals surface area (Å²) in [5, 5.41) is 36.6. The Bertz CT molecular complexity index is 1290. The summed E-state index contributed by atoms with van der Waals surface area (Å²) in [5.74, 6) is -2.84. The van der Waals surface area contributed by atoms with Gasteiger partial charge in [-0.25, -0.2) is 4.79 Å². The van der Waals surface area contributed by atoms with Gasteiger partial charge in [0.2, 0.25) is 23.6 Å². The number of unbranched alkanes of at least 4 members (excludes halogenated alkanes) is 2. The van der Waals surface area contributed by atoms with Crippen molar-refractivity contribution in [1.82, 2.24) is 21.3 Å². The Morgan fingerprint density at radius 3 is 1.49 bits per heavy atom. The highest BCUT2D eigenvalue weighted by Gasteiger charge is 2.38. The standard InChI is InChI=1S/2C16H29N3O4S3.C2HF3O2/c17-12(16(22)23)5-3-8-18-15(21)13(10-24)19-14(20)6-2-1-4-11-7-9-25-26-11;17-11(9-15(21)22)5-7-18-16(23)13(10-24)19-14(20)4-2-1-3-12-6-8-25-26-12;3-2(4,5)1(6)7/h11-13,24H,1-10,17H2,(H,18,21)(H,19,20)(H,22,23);11-13,24H,1-10,17H2,(H,18,23)(H,19,20)(H,21,22);(H,6,7). The van der Waals surface area contributed by atoms with Crippen LogP contribution in [0.4, 0.5) is 13.2 Å². The van der Waals surface area contributed by atoms with Gasteiger partial charge < -0.3 is 48.1 Å². The van der Waals surface area contributed by atoms with Crippen molar-refractivity contribution in [2.75, 3.05) is 36.1 Å². The summed E-state index contributed by atoms with van der Waals surface area (Å²) in [5.41, 5.74) is 11.0. The van der Waals surface area contributed by atoms with E-state index in [0.29, 0.717) is 42.7 Å². The first kappa shape index (κ1) is 57.1. The average molecular weight is 961 g/mol. The highest BCUT2D eigenvalue weighted by molar-refractivity contribution is 8.77. The zero-order valence-corrected chi connectivity index (χ0v) is 37.7. The van der Waals surface area contributed by atoms with Gasteiger partial charge in [-0.15, -0.1) is 0 Å². The van der Waals surface area contributed by atoms with Crippen LogP contribution in [0.1, 0.15) is 89.9 Å². The molecular weight excluding hydrogens is 902 g/mol. The predicted molar refractivity (Wildman–Crippen MR) is 235 cm³/mol. The van der Waals surface area contributed by atoms with Crippen molar-refractivity contribution in [3.63, 3.8) is 0 Å². The lowest BCUT2D eigenvalue weighted by Gasteiger charge is -2.17. The number of carbonyl (C=O) groups excluding carboxylic acids is 4. The molecule has 342 valence electrons. The van der Waals surface area contributed by atoms with Gasteiger partial charge in [0, 0.05) is 65.5 Å². The van der Waals surface area contributed by atoms with E-state index in [1.165, 1.54) is 24.3 Å². The number of rotatable bonds is 26. The molecule has 2 aliphatic heterocycles. The summed E-state index contributed by atoms with van der Waals surface area (Å²) in [6.07, 6.45) is 5.16. The van der Waals surface area contributed by atoms with Gasteiger partial charge >= 0.3 is 24.1 Å². The monoisotopic (exact) mass is 960 g/mol. The van der Waals surface area contributed by atoms with E-state index in [9.17, 15) is 41.9 Å². The van der Waals surface area contributed by atoms with Gasteiger partial charge in [0.15, 0.2) is 0 Å². The number of carboxylic acid groups (broad SMARTS) is 3. The zero-order chi connectivity index (χ0) is 44.8. The van der Waals surface area contributed by atoms with Crippen LogP contribution in [0.5, 0.6) is 0 Å². The minimum absolute atomic E-state index is 0.138. The Labute approximate surface area is 369 Å². The van der Waals surface area contributed by atoms with Crippen LogP contribution in [0.15, 0.2) is 0 Å². The van der Waals surface area contributed by atoms with E-state index in [4.69, 9.17) is 31.6 Å². The molecule has 2 aliphatic rings. The number of hydrogen-bond donors (Lipinski definition) is 11. The van der Waals surface area contributed by atoms with Gasteiger partial charge in [0.05, 0.1) is 6.42 Å². The normalized spacial score (nSPS) is 18.0. The van der Waals surface area contributed by atoms with E-state index in [1.54, 1.807) is 0 Å². The van der Waals surface area contributed by atoms with E-state index in [1.807, 2.05) is 43.2 Å². The van der Waals surface area contributed by atoms with Crippen molar-refractivity contribution in [3.8, 4) is 0 Å². The Balaban J connectivity index is 0.000000981. The summed E-state index contributed by atoms with van der Waals surface area (Å²) in [4.78, 5) is 78.2. The van der Waals surface area contributed by atoms with Gasteiger partial charge in [-0.1, -0.05) is 56.0 Å².